The van der Waals surface area contributed by atoms with Crippen LogP contribution in [0.2, 0.25) is 0 Å². The van der Waals surface area contributed by atoms with Gasteiger partial charge in [0.2, 0.25) is 0 Å². The Balaban J connectivity index is 1.08. The highest BCUT2D eigenvalue weighted by Crippen LogP contribution is 2.41. The molecule has 0 saturated heterocycles. The van der Waals surface area contributed by atoms with E-state index < -0.39 is 22.1 Å². The second-order valence-corrected chi connectivity index (χ2v) is 13.9. The number of benzene rings is 3. The smallest absolute Gasteiger partial charge is 0.319 e. The number of urea groups is 1. The molecule has 14 heteroatoms. The Morgan fingerprint density at radius 1 is 0.830 bits per heavy atom. The van der Waals surface area contributed by atoms with Crippen molar-refractivity contribution in [2.24, 2.45) is 5.73 Å². The van der Waals surface area contributed by atoms with E-state index in [0.29, 0.717) is 48.6 Å². The van der Waals surface area contributed by atoms with Crippen molar-refractivity contribution in [3.63, 3.8) is 0 Å². The summed E-state index contributed by atoms with van der Waals surface area (Å²) in [5.74, 6) is -0.932. The molecule has 1 atom stereocenters. The molecule has 3 aliphatic rings. The molecule has 5 heterocycles. The van der Waals surface area contributed by atoms with Gasteiger partial charge in [-0.15, -0.1) is 0 Å². The molecular weight excluding hydrogens is 624 g/mol. The lowest BCUT2D eigenvalue weighted by atomic mass is 10.0. The van der Waals surface area contributed by atoms with Gasteiger partial charge in [0.25, 0.3) is 21.9 Å². The molecule has 0 spiro atoms. The lowest BCUT2D eigenvalue weighted by molar-refractivity contribution is 0.0976. The summed E-state index contributed by atoms with van der Waals surface area (Å²) in [7, 11) is -3.68. The Labute approximate surface area is 268 Å². The Hall–Kier alpha value is -5.34. The zero-order valence-corrected chi connectivity index (χ0v) is 26.1. The van der Waals surface area contributed by atoms with Gasteiger partial charge in [-0.1, -0.05) is 6.07 Å². The van der Waals surface area contributed by atoms with E-state index >= 15 is 0 Å². The van der Waals surface area contributed by atoms with Crippen molar-refractivity contribution < 1.29 is 32.1 Å². The molecule has 0 radical (unpaired) electrons. The predicted molar refractivity (Wildman–Crippen MR) is 176 cm³/mol. The third-order valence-electron chi connectivity index (χ3n) is 9.38. The number of carbonyl (C=O) groups is 3. The number of primary amides is 1. The number of hydrogen-bond donors (Lipinski definition) is 4. The quantitative estimate of drug-likeness (QED) is 0.208. The van der Waals surface area contributed by atoms with Gasteiger partial charge in [0, 0.05) is 64.8 Å². The summed E-state index contributed by atoms with van der Waals surface area (Å²) in [6, 6.07) is 15.2. The lowest BCUT2D eigenvalue weighted by Gasteiger charge is -2.17. The number of amides is 4. The van der Waals surface area contributed by atoms with Gasteiger partial charge >= 0.3 is 6.03 Å². The summed E-state index contributed by atoms with van der Waals surface area (Å²) >= 11 is 0. The van der Waals surface area contributed by atoms with E-state index in [2.05, 4.69) is 9.97 Å². The average Bonchev–Trinajstić information content (AvgIpc) is 3.85. The number of phenolic OH excluding ortho intramolecular Hbond substituents is 1. The van der Waals surface area contributed by atoms with Crippen LogP contribution in [0.3, 0.4) is 0 Å². The van der Waals surface area contributed by atoms with Crippen molar-refractivity contribution in [1.29, 1.82) is 0 Å². The van der Waals surface area contributed by atoms with E-state index in [1.165, 1.54) is 17.0 Å². The summed E-state index contributed by atoms with van der Waals surface area (Å²) in [6.45, 7) is 1.01. The van der Waals surface area contributed by atoms with Gasteiger partial charge in [-0.3, -0.25) is 18.7 Å². The SMILES string of the molecule is CS(=O)(=O)OCC1CN(C(=O)c2cc3c4c(ccc3[nH]2)N(C(=O)c2cc3c5c(ccc3[nH]2)N(C(N)=O)CC5)CC4)c2cc(O)ccc21. The fourth-order valence-corrected chi connectivity index (χ4v) is 7.67. The molecule has 3 aliphatic heterocycles. The van der Waals surface area contributed by atoms with E-state index in [9.17, 15) is 27.9 Å². The molecule has 2 aromatic heterocycles. The third kappa shape index (κ3) is 4.70. The number of aromatic hydroxyl groups is 1. The number of nitrogens with two attached hydrogens (primary N) is 1. The monoisotopic (exact) mass is 654 g/mol. The number of nitrogens with one attached hydrogen (secondary N) is 2. The van der Waals surface area contributed by atoms with Gasteiger partial charge in [-0.25, -0.2) is 4.79 Å². The van der Waals surface area contributed by atoms with E-state index in [4.69, 9.17) is 9.92 Å². The maximum atomic E-state index is 13.9. The molecule has 240 valence electrons. The number of hydrogen-bond acceptors (Lipinski definition) is 7. The number of anilines is 3. The third-order valence-corrected chi connectivity index (χ3v) is 9.95. The van der Waals surface area contributed by atoms with Gasteiger partial charge in [0.1, 0.15) is 17.1 Å². The Kier molecular flexibility index (Phi) is 6.40. The molecule has 5 aromatic rings. The molecule has 8 rings (SSSR count). The van der Waals surface area contributed by atoms with Crippen LogP contribution >= 0.6 is 0 Å². The van der Waals surface area contributed by atoms with Crippen molar-refractivity contribution in [3.8, 4) is 5.75 Å². The van der Waals surface area contributed by atoms with Crippen LogP contribution in [0.4, 0.5) is 21.9 Å². The fraction of sp³-hybridized carbons (Fsp3) is 0.242. The molecule has 1 unspecified atom stereocenters. The Morgan fingerprint density at radius 2 is 1.40 bits per heavy atom. The first kappa shape index (κ1) is 29.1. The minimum Gasteiger partial charge on any atom is -0.508 e. The van der Waals surface area contributed by atoms with Gasteiger partial charge in [0.15, 0.2) is 0 Å². The molecule has 47 heavy (non-hydrogen) atoms. The molecule has 4 amide bonds. The average molecular weight is 655 g/mol. The molecule has 0 fully saturated rings. The van der Waals surface area contributed by atoms with Crippen LogP contribution in [0.5, 0.6) is 5.75 Å². The maximum Gasteiger partial charge on any atom is 0.319 e. The molecule has 3 aromatic carbocycles. The second kappa shape index (κ2) is 10.3. The second-order valence-electron chi connectivity index (χ2n) is 12.2. The predicted octanol–water partition coefficient (Wildman–Crippen LogP) is 3.72. The van der Waals surface area contributed by atoms with Crippen LogP contribution in [0.1, 0.15) is 43.6 Å². The van der Waals surface area contributed by atoms with Crippen molar-refractivity contribution in [2.45, 2.75) is 18.8 Å². The van der Waals surface area contributed by atoms with E-state index in [1.807, 2.05) is 30.3 Å². The molecule has 0 saturated carbocycles. The summed E-state index contributed by atoms with van der Waals surface area (Å²) in [4.78, 5) is 50.8. The van der Waals surface area contributed by atoms with Crippen LogP contribution in [-0.4, -0.2) is 73.8 Å². The van der Waals surface area contributed by atoms with Gasteiger partial charge in [0.05, 0.1) is 18.6 Å². The maximum absolute atomic E-state index is 13.9. The highest BCUT2D eigenvalue weighted by Gasteiger charge is 2.36. The van der Waals surface area contributed by atoms with Crippen molar-refractivity contribution in [3.05, 3.63) is 82.7 Å². The van der Waals surface area contributed by atoms with E-state index in [1.54, 1.807) is 21.9 Å². The van der Waals surface area contributed by atoms with E-state index in [-0.39, 0.29) is 30.7 Å². The number of rotatable bonds is 5. The van der Waals surface area contributed by atoms with Gasteiger partial charge in [-0.05, 0) is 72.0 Å². The standard InChI is InChI=1S/C33H30N6O7S/c1-47(44,45)46-16-17-15-39(30-12-18(40)2-3-19(17)30)32(42)27-14-22-20-8-10-37(28(20)6-4-24(22)36-27)31(41)26-13-23-21-9-11-38(33(34)43)29(21)7-5-25(23)35-26/h2-7,12-14,17,35-36,40H,8-11,15-16H2,1H3,(H2,34,43). The zero-order chi connectivity index (χ0) is 32.8. The van der Waals surface area contributed by atoms with Crippen molar-refractivity contribution in [1.82, 2.24) is 9.97 Å². The van der Waals surface area contributed by atoms with Gasteiger partial charge in [-0.2, -0.15) is 8.42 Å². The van der Waals surface area contributed by atoms with Crippen molar-refractivity contribution in [2.75, 3.05) is 47.2 Å². The Morgan fingerprint density at radius 3 is 2.00 bits per heavy atom. The van der Waals surface area contributed by atoms with E-state index in [0.717, 1.165) is 50.6 Å². The van der Waals surface area contributed by atoms with Crippen LogP contribution in [0, 0.1) is 0 Å². The number of H-pyrrole nitrogens is 2. The Bertz CT molecular complexity index is 2290. The van der Waals surface area contributed by atoms with Crippen LogP contribution < -0.4 is 20.4 Å². The molecule has 5 N–H and O–H groups in total. The van der Waals surface area contributed by atoms with Crippen LogP contribution in [-0.2, 0) is 27.1 Å². The summed E-state index contributed by atoms with van der Waals surface area (Å²) in [6.07, 6.45) is 2.23. The van der Waals surface area contributed by atoms with Crippen molar-refractivity contribution >= 4 is 66.8 Å². The topological polar surface area (TPSA) is 182 Å². The number of fused-ring (bicyclic) bond motifs is 7. The normalized spacial score (nSPS) is 17.0. The first-order chi connectivity index (χ1) is 22.5. The highest BCUT2D eigenvalue weighted by molar-refractivity contribution is 7.85. The minimum absolute atomic E-state index is 0.0163. The number of aromatic amines is 2. The summed E-state index contributed by atoms with van der Waals surface area (Å²) in [5.41, 5.74) is 12.5. The van der Waals surface area contributed by atoms with Gasteiger partial charge < -0.3 is 30.6 Å². The molecule has 0 bridgehead atoms. The summed E-state index contributed by atoms with van der Waals surface area (Å²) < 4.78 is 28.4. The minimum atomic E-state index is -3.68. The molecule has 0 aliphatic carbocycles. The zero-order valence-electron chi connectivity index (χ0n) is 25.2. The highest BCUT2D eigenvalue weighted by atomic mass is 32.2. The first-order valence-electron chi connectivity index (χ1n) is 15.1. The fourth-order valence-electron chi connectivity index (χ4n) is 7.25. The first-order valence-corrected chi connectivity index (χ1v) is 17.0. The van der Waals surface area contributed by atoms with Crippen LogP contribution in [0.25, 0.3) is 21.8 Å². The number of aromatic nitrogens is 2. The molecule has 13 nitrogen and oxygen atoms in total. The van der Waals surface area contributed by atoms with Crippen LogP contribution in [0.15, 0.2) is 54.6 Å². The lowest BCUT2D eigenvalue weighted by Crippen LogP contribution is -2.33. The number of carbonyl (C=O) groups excluding carboxylic acids is 3. The summed E-state index contributed by atoms with van der Waals surface area (Å²) in [5, 5.41) is 11.9. The number of nitrogens with zero attached hydrogens (tertiary/aromatic N) is 3. The number of phenols is 1. The largest absolute Gasteiger partial charge is 0.508 e. The molecular formula is C33H30N6O7S.